The van der Waals surface area contributed by atoms with E-state index in [2.05, 4.69) is 52.9 Å². The minimum Gasteiger partial charge on any atom is -0.480 e. The Morgan fingerprint density at radius 3 is 2.21 bits per heavy atom. The number of aliphatic carboxylic acids is 1. The van der Waals surface area contributed by atoms with E-state index in [-0.39, 0.29) is 60.4 Å². The summed E-state index contributed by atoms with van der Waals surface area (Å²) in [7, 11) is 4.92. The summed E-state index contributed by atoms with van der Waals surface area (Å²) in [6, 6.07) is -1.70. The molecule has 2 aliphatic rings. The second-order valence-corrected chi connectivity index (χ2v) is 14.5. The van der Waals surface area contributed by atoms with Gasteiger partial charge in [0.05, 0.1) is 36.6 Å². The molecule has 0 radical (unpaired) electrons. The molecule has 47 heavy (non-hydrogen) atoms. The zero-order valence-corrected chi connectivity index (χ0v) is 31.1. The maximum absolute atomic E-state index is 13.9. The Morgan fingerprint density at radius 1 is 1.04 bits per heavy atom. The monoisotopic (exact) mass is 661 g/mol. The van der Waals surface area contributed by atoms with Crippen molar-refractivity contribution in [1.29, 1.82) is 0 Å². The predicted molar refractivity (Wildman–Crippen MR) is 185 cm³/mol. The minimum absolute atomic E-state index is 0.0308. The highest BCUT2D eigenvalue weighted by Gasteiger charge is 2.42. The van der Waals surface area contributed by atoms with Crippen molar-refractivity contribution in [3.8, 4) is 0 Å². The van der Waals surface area contributed by atoms with Crippen LogP contribution in [-0.2, 0) is 28.7 Å². The van der Waals surface area contributed by atoms with E-state index in [0.29, 0.717) is 19.4 Å². The Kier molecular flexibility index (Phi) is 15.6. The van der Waals surface area contributed by atoms with Gasteiger partial charge in [0.15, 0.2) is 0 Å². The SMILES string of the molecule is CC[C@H](C)[C@@H]([C@@H](CC(=O)N1CCC[C@H]1C(OC)[C@@H](C)C(=O)N[C@@H](CC1=CC(C)C(C)=C(C)C1C)C(=O)O)OC)N(C)C(=O)CC(C)C. The number of likely N-dealkylation sites (N-methyl/N-ethyl adjacent to an activating group) is 1. The van der Waals surface area contributed by atoms with E-state index in [1.165, 1.54) is 18.3 Å². The average Bonchev–Trinajstić information content (AvgIpc) is 3.50. The number of carboxylic acids is 1. The smallest absolute Gasteiger partial charge is 0.326 e. The number of carboxylic acid groups (broad SMARTS) is 1. The van der Waals surface area contributed by atoms with Crippen LogP contribution >= 0.6 is 0 Å². The third kappa shape index (κ3) is 10.1. The van der Waals surface area contributed by atoms with Crippen molar-refractivity contribution in [1.82, 2.24) is 15.1 Å². The van der Waals surface area contributed by atoms with Crippen LogP contribution in [0.5, 0.6) is 0 Å². The van der Waals surface area contributed by atoms with Crippen LogP contribution in [0, 0.1) is 29.6 Å². The van der Waals surface area contributed by atoms with Crippen LogP contribution in [0.3, 0.4) is 0 Å². The maximum Gasteiger partial charge on any atom is 0.326 e. The number of ether oxygens (including phenoxy) is 2. The van der Waals surface area contributed by atoms with Gasteiger partial charge in [0.2, 0.25) is 17.7 Å². The fourth-order valence-electron chi connectivity index (χ4n) is 7.37. The van der Waals surface area contributed by atoms with Crippen molar-refractivity contribution in [2.45, 2.75) is 131 Å². The van der Waals surface area contributed by atoms with Gasteiger partial charge >= 0.3 is 5.97 Å². The first-order chi connectivity index (χ1) is 22.0. The molecule has 0 aromatic rings. The van der Waals surface area contributed by atoms with E-state index in [1.807, 2.05) is 13.8 Å². The number of likely N-dealkylation sites (tertiary alicyclic amines) is 1. The third-order valence-electron chi connectivity index (χ3n) is 10.9. The lowest BCUT2D eigenvalue weighted by molar-refractivity contribution is -0.147. The first-order valence-corrected chi connectivity index (χ1v) is 17.5. The standard InChI is InChI=1S/C37H63N3O7/c1-13-22(4)34(39(10)32(41)17-21(2)3)31(46-11)20-33(42)40-16-14-15-30(40)35(47-12)27(9)36(43)38-29(37(44)45)19-28-18-23(5)24(6)25(7)26(28)8/h18,21-23,26-27,29-31,34-35H,13-17,19-20H2,1-12H3,(H,38,43)(H,44,45)/t22-,23?,26?,27+,29-,30-,31+,34-,35?/m0/s1. The summed E-state index contributed by atoms with van der Waals surface area (Å²) in [4.78, 5) is 56.4. The first-order valence-electron chi connectivity index (χ1n) is 17.5. The Balaban J connectivity index is 2.20. The van der Waals surface area contributed by atoms with Gasteiger partial charge in [-0.2, -0.15) is 0 Å². The Morgan fingerprint density at radius 2 is 1.68 bits per heavy atom. The number of hydrogen-bond donors (Lipinski definition) is 2. The molecule has 2 N–H and O–H groups in total. The van der Waals surface area contributed by atoms with Gasteiger partial charge in [-0.25, -0.2) is 4.79 Å². The van der Waals surface area contributed by atoms with Crippen LogP contribution in [0.1, 0.15) is 101 Å². The molecule has 10 heteroatoms. The molecule has 3 unspecified atom stereocenters. The molecule has 9 atom stereocenters. The highest BCUT2D eigenvalue weighted by molar-refractivity contribution is 5.85. The molecule has 268 valence electrons. The summed E-state index contributed by atoms with van der Waals surface area (Å²) < 4.78 is 11.8. The number of carbonyl (C=O) groups excluding carboxylic acids is 3. The normalized spacial score (nSPS) is 23.9. The van der Waals surface area contributed by atoms with Gasteiger partial charge in [0.1, 0.15) is 6.04 Å². The van der Waals surface area contributed by atoms with Crippen molar-refractivity contribution >= 4 is 23.7 Å². The van der Waals surface area contributed by atoms with Crippen LogP contribution in [0.2, 0.25) is 0 Å². The van der Waals surface area contributed by atoms with Gasteiger partial charge in [-0.1, -0.05) is 77.7 Å². The largest absolute Gasteiger partial charge is 0.480 e. The minimum atomic E-state index is -1.08. The number of hydrogen-bond acceptors (Lipinski definition) is 6. The van der Waals surface area contributed by atoms with Gasteiger partial charge in [-0.3, -0.25) is 14.4 Å². The molecule has 1 saturated heterocycles. The molecule has 10 nitrogen and oxygen atoms in total. The van der Waals surface area contributed by atoms with E-state index in [0.717, 1.165) is 18.4 Å². The van der Waals surface area contributed by atoms with Crippen LogP contribution in [0.4, 0.5) is 0 Å². The van der Waals surface area contributed by atoms with Gasteiger partial charge in [-0.15, -0.1) is 0 Å². The summed E-state index contributed by atoms with van der Waals surface area (Å²) in [5.74, 6) is -1.63. The van der Waals surface area contributed by atoms with Crippen molar-refractivity contribution in [3.63, 3.8) is 0 Å². The third-order valence-corrected chi connectivity index (χ3v) is 10.9. The topological polar surface area (TPSA) is 125 Å². The van der Waals surface area contributed by atoms with Gasteiger partial charge in [-0.05, 0) is 56.8 Å². The number of rotatable bonds is 17. The molecule has 3 amide bonds. The zero-order valence-electron chi connectivity index (χ0n) is 31.1. The Bertz CT molecular complexity index is 1160. The number of allylic oxidation sites excluding steroid dienone is 3. The quantitative estimate of drug-likeness (QED) is 0.198. The van der Waals surface area contributed by atoms with Gasteiger partial charge < -0.3 is 29.7 Å². The molecule has 0 bridgehead atoms. The lowest BCUT2D eigenvalue weighted by atomic mass is 9.77. The van der Waals surface area contributed by atoms with E-state index in [4.69, 9.17) is 9.47 Å². The van der Waals surface area contributed by atoms with Crippen molar-refractivity contribution < 1.29 is 33.8 Å². The van der Waals surface area contributed by atoms with Crippen molar-refractivity contribution in [3.05, 3.63) is 22.8 Å². The summed E-state index contributed by atoms with van der Waals surface area (Å²) >= 11 is 0. The summed E-state index contributed by atoms with van der Waals surface area (Å²) in [6.07, 6.45) is 3.98. The molecular weight excluding hydrogens is 598 g/mol. The van der Waals surface area contributed by atoms with Crippen LogP contribution in [0.25, 0.3) is 0 Å². The highest BCUT2D eigenvalue weighted by atomic mass is 16.5. The number of methoxy groups -OCH3 is 2. The van der Waals surface area contributed by atoms with E-state index < -0.39 is 36.0 Å². The van der Waals surface area contributed by atoms with Crippen LogP contribution in [-0.4, -0.2) is 96.7 Å². The molecule has 0 aromatic heterocycles. The van der Waals surface area contributed by atoms with E-state index >= 15 is 0 Å². The summed E-state index contributed by atoms with van der Waals surface area (Å²) in [6.45, 7) is 18.8. The number of carbonyl (C=O) groups is 4. The lowest BCUT2D eigenvalue weighted by Crippen LogP contribution is -2.54. The fraction of sp³-hybridized carbons (Fsp3) is 0.784. The molecule has 1 aliphatic carbocycles. The van der Waals surface area contributed by atoms with Crippen molar-refractivity contribution in [2.24, 2.45) is 29.6 Å². The number of nitrogens with one attached hydrogen (secondary N) is 1. The second-order valence-electron chi connectivity index (χ2n) is 14.5. The molecule has 0 saturated carbocycles. The molecule has 1 aliphatic heterocycles. The predicted octanol–water partition coefficient (Wildman–Crippen LogP) is 5.46. The number of amides is 3. The molecule has 1 heterocycles. The average molecular weight is 662 g/mol. The fourth-order valence-corrected chi connectivity index (χ4v) is 7.37. The Labute approximate surface area is 283 Å². The van der Waals surface area contributed by atoms with Gasteiger partial charge in [0.25, 0.3) is 0 Å². The zero-order chi connectivity index (χ0) is 35.7. The first kappa shape index (κ1) is 40.5. The van der Waals surface area contributed by atoms with Crippen molar-refractivity contribution in [2.75, 3.05) is 27.8 Å². The number of nitrogens with zero attached hydrogens (tertiary/aromatic N) is 2. The molecule has 2 rings (SSSR count). The Hall–Kier alpha value is -2.72. The molecular formula is C37H63N3O7. The van der Waals surface area contributed by atoms with E-state index in [9.17, 15) is 24.3 Å². The summed E-state index contributed by atoms with van der Waals surface area (Å²) in [5.41, 5.74) is 3.55. The van der Waals surface area contributed by atoms with E-state index in [1.54, 1.807) is 30.9 Å². The lowest BCUT2D eigenvalue weighted by Gasteiger charge is -2.39. The maximum atomic E-state index is 13.9. The highest BCUT2D eigenvalue weighted by Crippen LogP contribution is 2.35. The van der Waals surface area contributed by atoms with Gasteiger partial charge in [0, 0.05) is 34.2 Å². The summed E-state index contributed by atoms with van der Waals surface area (Å²) in [5, 5.41) is 12.9. The molecule has 1 fully saturated rings. The molecule has 0 aromatic carbocycles. The molecule has 0 spiro atoms. The van der Waals surface area contributed by atoms with Crippen LogP contribution in [0.15, 0.2) is 22.8 Å². The second kappa shape index (κ2) is 18.2. The van der Waals surface area contributed by atoms with Crippen LogP contribution < -0.4 is 5.32 Å².